The molecule has 7 heteroatoms. The van der Waals surface area contributed by atoms with E-state index < -0.39 is 0 Å². The van der Waals surface area contributed by atoms with Crippen LogP contribution >= 0.6 is 12.4 Å². The second kappa shape index (κ2) is 5.42. The summed E-state index contributed by atoms with van der Waals surface area (Å²) in [6.45, 7) is 0. The van der Waals surface area contributed by atoms with Crippen LogP contribution in [-0.2, 0) is 18.4 Å². The van der Waals surface area contributed by atoms with Gasteiger partial charge in [0.1, 0.15) is 0 Å². The highest BCUT2D eigenvalue weighted by Crippen LogP contribution is 2.36. The van der Waals surface area contributed by atoms with Crippen molar-refractivity contribution in [3.8, 4) is 0 Å². The van der Waals surface area contributed by atoms with Crippen LogP contribution in [0.15, 0.2) is 10.7 Å². The Labute approximate surface area is 129 Å². The fraction of sp³-hybridized carbons (Fsp3) is 0.643. The zero-order valence-corrected chi connectivity index (χ0v) is 12.7. The minimum Gasteiger partial charge on any atom is -0.339 e. The van der Waals surface area contributed by atoms with Gasteiger partial charge in [-0.2, -0.15) is 10.1 Å². The highest BCUT2D eigenvalue weighted by molar-refractivity contribution is 5.85. The van der Waals surface area contributed by atoms with Crippen molar-refractivity contribution in [1.82, 2.24) is 20.3 Å². The van der Waals surface area contributed by atoms with E-state index in [9.17, 15) is 0 Å². The summed E-state index contributed by atoms with van der Waals surface area (Å²) >= 11 is 0. The Kier molecular flexibility index (Phi) is 3.75. The summed E-state index contributed by atoms with van der Waals surface area (Å²) in [6, 6.07) is 0. The number of hydrogen-bond acceptors (Lipinski definition) is 5. The first-order chi connectivity index (χ1) is 9.74. The number of rotatable bonds is 2. The highest BCUT2D eigenvalue weighted by Gasteiger charge is 2.37. The third-order valence-electron chi connectivity index (χ3n) is 4.75. The van der Waals surface area contributed by atoms with Gasteiger partial charge < -0.3 is 10.3 Å². The molecule has 2 heterocycles. The molecule has 2 aromatic rings. The average molecular weight is 310 g/mol. The van der Waals surface area contributed by atoms with Crippen molar-refractivity contribution in [1.29, 1.82) is 0 Å². The third kappa shape index (κ3) is 2.46. The Morgan fingerprint density at radius 1 is 1.33 bits per heavy atom. The quantitative estimate of drug-likeness (QED) is 0.887. The molecule has 0 amide bonds. The summed E-state index contributed by atoms with van der Waals surface area (Å²) < 4.78 is 5.50. The zero-order chi connectivity index (χ0) is 13.6. The molecule has 1 fully saturated rings. The molecule has 4 rings (SSSR count). The second-order valence-corrected chi connectivity index (χ2v) is 6.13. The van der Waals surface area contributed by atoms with Crippen molar-refractivity contribution >= 4 is 12.4 Å². The molecular weight excluding hydrogens is 290 g/mol. The Bertz CT molecular complexity index is 616. The molecule has 1 atom stereocenters. The summed E-state index contributed by atoms with van der Waals surface area (Å²) in [5.74, 6) is 1.71. The smallest absolute Gasteiger partial charge is 0.230 e. The van der Waals surface area contributed by atoms with E-state index in [2.05, 4.69) is 20.3 Å². The van der Waals surface area contributed by atoms with Crippen LogP contribution in [0.4, 0.5) is 0 Å². The number of nitrogens with two attached hydrogens (primary N) is 1. The summed E-state index contributed by atoms with van der Waals surface area (Å²) in [5.41, 5.74) is 8.53. The number of aromatic nitrogens is 4. The molecule has 1 saturated carbocycles. The van der Waals surface area contributed by atoms with E-state index in [1.807, 2.05) is 6.20 Å². The molecule has 21 heavy (non-hydrogen) atoms. The number of halogens is 1. The molecule has 0 saturated heterocycles. The van der Waals surface area contributed by atoms with Gasteiger partial charge in [0.05, 0.1) is 11.7 Å². The van der Waals surface area contributed by atoms with Crippen molar-refractivity contribution in [3.63, 3.8) is 0 Å². The standard InChI is InChI=1S/C14H19N5O.ClH/c15-14(5-1-2-6-14)13-17-12(20-19-13)9-3-4-10-8-16-18-11(10)7-9;/h8-9H,1-7,15H2,(H,16,18);1H. The van der Waals surface area contributed by atoms with Gasteiger partial charge in [0.15, 0.2) is 5.82 Å². The predicted octanol–water partition coefficient (Wildman–Crippen LogP) is 2.21. The van der Waals surface area contributed by atoms with Gasteiger partial charge in [-0.05, 0) is 31.2 Å². The molecule has 0 spiro atoms. The monoisotopic (exact) mass is 309 g/mol. The SMILES string of the molecule is Cl.NC1(c2noc(C3CCc4cn[nH]c4C3)n2)CCCC1. The third-order valence-corrected chi connectivity index (χ3v) is 4.75. The molecular formula is C14H20ClN5O. The normalized spacial score (nSPS) is 23.6. The minimum atomic E-state index is -0.366. The molecule has 2 aromatic heterocycles. The first kappa shape index (κ1) is 14.5. The molecule has 0 radical (unpaired) electrons. The zero-order valence-electron chi connectivity index (χ0n) is 11.8. The van der Waals surface area contributed by atoms with Gasteiger partial charge in [-0.1, -0.05) is 18.0 Å². The molecule has 0 aromatic carbocycles. The fourth-order valence-corrected chi connectivity index (χ4v) is 3.45. The van der Waals surface area contributed by atoms with Crippen LogP contribution in [0.5, 0.6) is 0 Å². The van der Waals surface area contributed by atoms with Crippen LogP contribution in [0, 0.1) is 0 Å². The van der Waals surface area contributed by atoms with Gasteiger partial charge in [-0.15, -0.1) is 12.4 Å². The van der Waals surface area contributed by atoms with Crippen LogP contribution in [0.25, 0.3) is 0 Å². The van der Waals surface area contributed by atoms with Crippen molar-refractivity contribution < 1.29 is 4.52 Å². The summed E-state index contributed by atoms with van der Waals surface area (Å²) in [5, 5.41) is 11.3. The van der Waals surface area contributed by atoms with Crippen molar-refractivity contribution in [3.05, 3.63) is 29.2 Å². The van der Waals surface area contributed by atoms with Crippen LogP contribution in [0.1, 0.15) is 61.0 Å². The maximum absolute atomic E-state index is 6.38. The maximum Gasteiger partial charge on any atom is 0.230 e. The minimum absolute atomic E-state index is 0. The van der Waals surface area contributed by atoms with Crippen LogP contribution in [0.3, 0.4) is 0 Å². The van der Waals surface area contributed by atoms with Crippen molar-refractivity contribution in [2.75, 3.05) is 0 Å². The highest BCUT2D eigenvalue weighted by atomic mass is 35.5. The number of fused-ring (bicyclic) bond motifs is 1. The van der Waals surface area contributed by atoms with E-state index in [1.54, 1.807) is 0 Å². The van der Waals surface area contributed by atoms with E-state index in [1.165, 1.54) is 11.3 Å². The van der Waals surface area contributed by atoms with Crippen LogP contribution in [-0.4, -0.2) is 20.3 Å². The van der Waals surface area contributed by atoms with Crippen molar-refractivity contribution in [2.24, 2.45) is 5.73 Å². The number of aryl methyl sites for hydroxylation is 1. The maximum atomic E-state index is 6.38. The van der Waals surface area contributed by atoms with E-state index in [0.717, 1.165) is 50.8 Å². The fourth-order valence-electron chi connectivity index (χ4n) is 3.45. The largest absolute Gasteiger partial charge is 0.339 e. The van der Waals surface area contributed by atoms with Gasteiger partial charge in [0.25, 0.3) is 0 Å². The molecule has 1 unspecified atom stereocenters. The first-order valence-electron chi connectivity index (χ1n) is 7.39. The molecule has 2 aliphatic carbocycles. The van der Waals surface area contributed by atoms with E-state index in [4.69, 9.17) is 10.3 Å². The van der Waals surface area contributed by atoms with Crippen molar-refractivity contribution in [2.45, 2.75) is 56.4 Å². The lowest BCUT2D eigenvalue weighted by Crippen LogP contribution is -2.34. The molecule has 114 valence electrons. The van der Waals surface area contributed by atoms with E-state index >= 15 is 0 Å². The molecule has 3 N–H and O–H groups in total. The van der Waals surface area contributed by atoms with Gasteiger partial charge >= 0.3 is 0 Å². The van der Waals surface area contributed by atoms with Crippen LogP contribution in [0.2, 0.25) is 0 Å². The molecule has 6 nitrogen and oxygen atoms in total. The lowest BCUT2D eigenvalue weighted by atomic mass is 9.88. The van der Waals surface area contributed by atoms with Gasteiger partial charge in [-0.25, -0.2) is 0 Å². The van der Waals surface area contributed by atoms with Gasteiger partial charge in [0.2, 0.25) is 5.89 Å². The molecule has 2 aliphatic rings. The summed E-state index contributed by atoms with van der Waals surface area (Å²) in [4.78, 5) is 4.61. The number of H-pyrrole nitrogens is 1. The first-order valence-corrected chi connectivity index (χ1v) is 7.39. The van der Waals surface area contributed by atoms with E-state index in [-0.39, 0.29) is 23.9 Å². The lowest BCUT2D eigenvalue weighted by molar-refractivity contribution is 0.324. The van der Waals surface area contributed by atoms with Gasteiger partial charge in [-0.3, -0.25) is 5.10 Å². The Morgan fingerprint density at radius 3 is 2.95 bits per heavy atom. The number of hydrogen-bond donors (Lipinski definition) is 2. The Balaban J connectivity index is 0.00000132. The average Bonchev–Trinajstić information content (AvgIpc) is 3.18. The lowest BCUT2D eigenvalue weighted by Gasteiger charge is -2.19. The molecule has 0 aliphatic heterocycles. The van der Waals surface area contributed by atoms with Crippen LogP contribution < -0.4 is 5.73 Å². The topological polar surface area (TPSA) is 93.6 Å². The van der Waals surface area contributed by atoms with Gasteiger partial charge in [0, 0.05) is 18.0 Å². The summed E-state index contributed by atoms with van der Waals surface area (Å²) in [7, 11) is 0. The second-order valence-electron chi connectivity index (χ2n) is 6.13. The number of aromatic amines is 1. The number of nitrogens with zero attached hydrogens (tertiary/aromatic N) is 3. The summed E-state index contributed by atoms with van der Waals surface area (Å²) in [6.07, 6.45) is 9.09. The predicted molar refractivity (Wildman–Crippen MR) is 79.2 cm³/mol. The molecule has 0 bridgehead atoms. The Hall–Kier alpha value is -1.40. The Morgan fingerprint density at radius 2 is 2.14 bits per heavy atom. The number of nitrogens with one attached hydrogen (secondary N) is 1. The van der Waals surface area contributed by atoms with E-state index in [0.29, 0.717) is 5.82 Å².